The van der Waals surface area contributed by atoms with Gasteiger partial charge in [-0.25, -0.2) is 0 Å². The van der Waals surface area contributed by atoms with Crippen molar-refractivity contribution >= 4 is 0 Å². The highest BCUT2D eigenvalue weighted by Crippen LogP contribution is 2.44. The summed E-state index contributed by atoms with van der Waals surface area (Å²) in [7, 11) is 2.00. The highest BCUT2D eigenvalue weighted by Gasteiger charge is 2.42. The Kier molecular flexibility index (Phi) is 3.30. The van der Waals surface area contributed by atoms with E-state index in [0.717, 1.165) is 19.3 Å². The molecular formula is C14H25N3. The molecule has 1 heterocycles. The summed E-state index contributed by atoms with van der Waals surface area (Å²) in [5, 5.41) is 4.22. The van der Waals surface area contributed by atoms with Gasteiger partial charge in [-0.2, -0.15) is 5.10 Å². The SMILES string of the molecule is Cn1nccc1CCC1(N)CCCCC1(C)C. The van der Waals surface area contributed by atoms with E-state index >= 15 is 0 Å². The van der Waals surface area contributed by atoms with E-state index in [1.165, 1.54) is 25.0 Å². The topological polar surface area (TPSA) is 43.8 Å². The van der Waals surface area contributed by atoms with Crippen LogP contribution >= 0.6 is 0 Å². The van der Waals surface area contributed by atoms with E-state index in [2.05, 4.69) is 25.0 Å². The number of nitrogens with two attached hydrogens (primary N) is 1. The molecule has 0 saturated heterocycles. The first-order valence-corrected chi connectivity index (χ1v) is 6.70. The molecule has 1 aromatic rings. The van der Waals surface area contributed by atoms with Crippen LogP contribution in [0.3, 0.4) is 0 Å². The third kappa shape index (κ3) is 2.39. The molecule has 1 unspecified atom stereocenters. The minimum Gasteiger partial charge on any atom is -0.325 e. The van der Waals surface area contributed by atoms with Crippen LogP contribution in [0.2, 0.25) is 0 Å². The average Bonchev–Trinajstić information content (AvgIpc) is 2.66. The van der Waals surface area contributed by atoms with Crippen LogP contribution in [0.5, 0.6) is 0 Å². The second-order valence-corrected chi connectivity index (χ2v) is 6.19. The predicted molar refractivity (Wildman–Crippen MR) is 70.7 cm³/mol. The largest absolute Gasteiger partial charge is 0.325 e. The predicted octanol–water partition coefficient (Wildman–Crippen LogP) is 2.65. The Labute approximate surface area is 104 Å². The van der Waals surface area contributed by atoms with Crippen LogP contribution in [0.15, 0.2) is 12.3 Å². The summed E-state index contributed by atoms with van der Waals surface area (Å²) in [6.45, 7) is 4.66. The molecular weight excluding hydrogens is 210 g/mol. The molecule has 0 spiro atoms. The Morgan fingerprint density at radius 3 is 2.65 bits per heavy atom. The van der Waals surface area contributed by atoms with Gasteiger partial charge in [0.1, 0.15) is 0 Å². The summed E-state index contributed by atoms with van der Waals surface area (Å²) in [5.41, 5.74) is 8.23. The number of rotatable bonds is 3. The van der Waals surface area contributed by atoms with Gasteiger partial charge in [-0.05, 0) is 37.2 Å². The third-order valence-electron chi connectivity index (χ3n) is 4.77. The van der Waals surface area contributed by atoms with Crippen molar-refractivity contribution in [1.29, 1.82) is 0 Å². The van der Waals surface area contributed by atoms with Gasteiger partial charge in [-0.3, -0.25) is 4.68 Å². The van der Waals surface area contributed by atoms with E-state index < -0.39 is 0 Å². The smallest absolute Gasteiger partial charge is 0.0492 e. The number of nitrogens with zero attached hydrogens (tertiary/aromatic N) is 2. The molecule has 0 bridgehead atoms. The van der Waals surface area contributed by atoms with Crippen LogP contribution < -0.4 is 5.73 Å². The fourth-order valence-corrected chi connectivity index (χ4v) is 3.06. The lowest BCUT2D eigenvalue weighted by Gasteiger charge is -2.48. The van der Waals surface area contributed by atoms with Gasteiger partial charge in [-0.15, -0.1) is 0 Å². The van der Waals surface area contributed by atoms with Crippen LogP contribution in [0.4, 0.5) is 0 Å². The van der Waals surface area contributed by atoms with E-state index in [0.29, 0.717) is 0 Å². The summed E-state index contributed by atoms with van der Waals surface area (Å²) < 4.78 is 1.96. The van der Waals surface area contributed by atoms with E-state index in [-0.39, 0.29) is 11.0 Å². The molecule has 3 nitrogen and oxygen atoms in total. The van der Waals surface area contributed by atoms with Crippen LogP contribution in [0.25, 0.3) is 0 Å². The first kappa shape index (κ1) is 12.6. The number of aryl methyl sites for hydroxylation is 2. The maximum Gasteiger partial charge on any atom is 0.0492 e. The van der Waals surface area contributed by atoms with Crippen molar-refractivity contribution in [2.75, 3.05) is 0 Å². The average molecular weight is 235 g/mol. The lowest BCUT2D eigenvalue weighted by Crippen LogP contribution is -2.54. The van der Waals surface area contributed by atoms with Gasteiger partial charge in [0.2, 0.25) is 0 Å². The molecule has 96 valence electrons. The molecule has 17 heavy (non-hydrogen) atoms. The number of hydrogen-bond acceptors (Lipinski definition) is 2. The molecule has 1 aromatic heterocycles. The van der Waals surface area contributed by atoms with Gasteiger partial charge >= 0.3 is 0 Å². The number of hydrogen-bond donors (Lipinski definition) is 1. The van der Waals surface area contributed by atoms with Gasteiger partial charge in [0, 0.05) is 24.5 Å². The first-order chi connectivity index (χ1) is 7.95. The molecule has 0 aliphatic heterocycles. The van der Waals surface area contributed by atoms with Crippen molar-refractivity contribution in [3.63, 3.8) is 0 Å². The molecule has 0 amide bonds. The summed E-state index contributed by atoms with van der Waals surface area (Å²) in [6, 6.07) is 2.10. The Balaban J connectivity index is 2.04. The summed E-state index contributed by atoms with van der Waals surface area (Å²) in [6.07, 6.45) is 9.01. The zero-order valence-electron chi connectivity index (χ0n) is 11.4. The normalized spacial score (nSPS) is 28.2. The van der Waals surface area contributed by atoms with Crippen LogP contribution in [-0.4, -0.2) is 15.3 Å². The van der Waals surface area contributed by atoms with Crippen LogP contribution in [-0.2, 0) is 13.5 Å². The van der Waals surface area contributed by atoms with Crippen LogP contribution in [0, 0.1) is 5.41 Å². The molecule has 3 heteroatoms. The van der Waals surface area contributed by atoms with Gasteiger partial charge in [0.15, 0.2) is 0 Å². The summed E-state index contributed by atoms with van der Waals surface area (Å²) in [5.74, 6) is 0. The lowest BCUT2D eigenvalue weighted by atomic mass is 9.62. The quantitative estimate of drug-likeness (QED) is 0.875. The summed E-state index contributed by atoms with van der Waals surface area (Å²) in [4.78, 5) is 0. The Morgan fingerprint density at radius 2 is 2.06 bits per heavy atom. The lowest BCUT2D eigenvalue weighted by molar-refractivity contribution is 0.0905. The van der Waals surface area contributed by atoms with Gasteiger partial charge < -0.3 is 5.73 Å². The highest BCUT2D eigenvalue weighted by molar-refractivity contribution is 5.06. The highest BCUT2D eigenvalue weighted by atomic mass is 15.2. The fraction of sp³-hybridized carbons (Fsp3) is 0.786. The standard InChI is InChI=1S/C14H25N3/c1-13(2)8-4-5-9-14(13,15)10-6-12-7-11-16-17(12)3/h7,11H,4-6,8-10,15H2,1-3H3. The van der Waals surface area contributed by atoms with Crippen LogP contribution in [0.1, 0.15) is 51.6 Å². The molecule has 2 rings (SSSR count). The molecule has 0 radical (unpaired) electrons. The minimum absolute atomic E-state index is 0.00444. The van der Waals surface area contributed by atoms with Crippen molar-refractivity contribution in [1.82, 2.24) is 9.78 Å². The van der Waals surface area contributed by atoms with E-state index in [1.54, 1.807) is 0 Å². The molecule has 0 aromatic carbocycles. The molecule has 2 N–H and O–H groups in total. The molecule has 1 aliphatic rings. The zero-order valence-corrected chi connectivity index (χ0v) is 11.4. The van der Waals surface area contributed by atoms with Crippen molar-refractivity contribution in [3.8, 4) is 0 Å². The Morgan fingerprint density at radius 1 is 1.35 bits per heavy atom. The minimum atomic E-state index is -0.00444. The number of aromatic nitrogens is 2. The van der Waals surface area contributed by atoms with Gasteiger partial charge in [0.05, 0.1) is 0 Å². The van der Waals surface area contributed by atoms with E-state index in [4.69, 9.17) is 5.73 Å². The second kappa shape index (κ2) is 4.45. The second-order valence-electron chi connectivity index (χ2n) is 6.19. The maximum absolute atomic E-state index is 6.67. The molecule has 1 fully saturated rings. The third-order valence-corrected chi connectivity index (χ3v) is 4.77. The van der Waals surface area contributed by atoms with E-state index in [9.17, 15) is 0 Å². The molecule has 1 atom stereocenters. The fourth-order valence-electron chi connectivity index (χ4n) is 3.06. The van der Waals surface area contributed by atoms with E-state index in [1.807, 2.05) is 17.9 Å². The molecule has 1 aliphatic carbocycles. The van der Waals surface area contributed by atoms with Gasteiger partial charge in [-0.1, -0.05) is 26.7 Å². The molecule has 1 saturated carbocycles. The summed E-state index contributed by atoms with van der Waals surface area (Å²) >= 11 is 0. The first-order valence-electron chi connectivity index (χ1n) is 6.70. The Hall–Kier alpha value is -0.830. The zero-order chi connectivity index (χ0) is 12.5. The maximum atomic E-state index is 6.67. The monoisotopic (exact) mass is 235 g/mol. The Bertz CT molecular complexity index is 381. The van der Waals surface area contributed by atoms with Crippen molar-refractivity contribution in [2.45, 2.75) is 57.9 Å². The van der Waals surface area contributed by atoms with Crippen molar-refractivity contribution in [2.24, 2.45) is 18.2 Å². The van der Waals surface area contributed by atoms with Gasteiger partial charge in [0.25, 0.3) is 0 Å². The van der Waals surface area contributed by atoms with Crippen molar-refractivity contribution < 1.29 is 0 Å². The van der Waals surface area contributed by atoms with Crippen molar-refractivity contribution in [3.05, 3.63) is 18.0 Å².